The highest BCUT2D eigenvalue weighted by Crippen LogP contribution is 2.26. The number of rotatable bonds is 9. The largest absolute Gasteiger partial charge is 0.467 e. The first-order valence-corrected chi connectivity index (χ1v) is 10.4. The average Bonchev–Trinajstić information content (AvgIpc) is 3.27. The Bertz CT molecular complexity index is 1070. The van der Waals surface area contributed by atoms with E-state index in [-0.39, 0.29) is 18.4 Å². The molecule has 0 bridgehead atoms. The summed E-state index contributed by atoms with van der Waals surface area (Å²) in [4.78, 5) is 29.0. The Kier molecular flexibility index (Phi) is 7.92. The molecule has 0 atom stereocenters. The number of amides is 2. The Labute approximate surface area is 192 Å². The lowest BCUT2D eigenvalue weighted by molar-refractivity contribution is -0.136. The van der Waals surface area contributed by atoms with Gasteiger partial charge in [0.05, 0.1) is 23.4 Å². The summed E-state index contributed by atoms with van der Waals surface area (Å²) in [5.41, 5.74) is 2.79. The molecule has 0 aliphatic rings. The number of nitrogens with zero attached hydrogens (tertiary/aromatic N) is 2. The Morgan fingerprint density at radius 2 is 1.84 bits per heavy atom. The predicted octanol–water partition coefficient (Wildman–Crippen LogP) is 4.43. The normalized spacial score (nSPS) is 10.6. The Morgan fingerprint density at radius 1 is 1.06 bits per heavy atom. The molecule has 3 rings (SSSR count). The molecule has 2 aromatic carbocycles. The SMILES string of the molecule is COCC(=O)N(Cc1ccco1)Cc1cc(NC(=O)c2ccccc2Cl)ccc1N(C)C. The molecule has 0 saturated heterocycles. The van der Waals surface area contributed by atoms with E-state index in [2.05, 4.69) is 5.32 Å². The van der Waals surface area contributed by atoms with Crippen LogP contribution in [0.15, 0.2) is 65.3 Å². The summed E-state index contributed by atoms with van der Waals surface area (Å²) in [5.74, 6) is 0.199. The zero-order valence-electron chi connectivity index (χ0n) is 18.3. The minimum atomic E-state index is -0.304. The van der Waals surface area contributed by atoms with Crippen LogP contribution in [0.1, 0.15) is 21.7 Å². The van der Waals surface area contributed by atoms with Gasteiger partial charge in [-0.25, -0.2) is 0 Å². The molecular formula is C24H26ClN3O4. The number of hydrogen-bond donors (Lipinski definition) is 1. The van der Waals surface area contributed by atoms with Crippen LogP contribution in [0, 0.1) is 0 Å². The molecule has 0 spiro atoms. The zero-order valence-corrected chi connectivity index (χ0v) is 19.1. The fourth-order valence-electron chi connectivity index (χ4n) is 3.31. The molecule has 0 unspecified atom stereocenters. The average molecular weight is 456 g/mol. The molecule has 8 heteroatoms. The molecule has 1 heterocycles. The molecule has 0 radical (unpaired) electrons. The monoisotopic (exact) mass is 455 g/mol. The van der Waals surface area contributed by atoms with E-state index in [1.165, 1.54) is 7.11 Å². The molecule has 0 fully saturated rings. The van der Waals surface area contributed by atoms with Gasteiger partial charge < -0.3 is 24.3 Å². The Morgan fingerprint density at radius 3 is 2.50 bits per heavy atom. The fraction of sp³-hybridized carbons (Fsp3) is 0.250. The third-order valence-corrected chi connectivity index (χ3v) is 5.18. The van der Waals surface area contributed by atoms with Crippen LogP contribution in [0.5, 0.6) is 0 Å². The number of carbonyl (C=O) groups is 2. The number of furan rings is 1. The van der Waals surface area contributed by atoms with Crippen LogP contribution in [-0.2, 0) is 22.6 Å². The summed E-state index contributed by atoms with van der Waals surface area (Å²) in [7, 11) is 5.34. The van der Waals surface area contributed by atoms with Crippen molar-refractivity contribution < 1.29 is 18.7 Å². The van der Waals surface area contributed by atoms with Crippen molar-refractivity contribution in [1.29, 1.82) is 0 Å². The summed E-state index contributed by atoms with van der Waals surface area (Å²) < 4.78 is 10.5. The van der Waals surface area contributed by atoms with Gasteiger partial charge in [-0.15, -0.1) is 0 Å². The van der Waals surface area contributed by atoms with Crippen LogP contribution in [-0.4, -0.2) is 44.5 Å². The number of methoxy groups -OCH3 is 1. The third-order valence-electron chi connectivity index (χ3n) is 4.85. The molecular weight excluding hydrogens is 430 g/mol. The smallest absolute Gasteiger partial charge is 0.257 e. The maximum Gasteiger partial charge on any atom is 0.257 e. The second kappa shape index (κ2) is 10.8. The molecule has 0 aliphatic heterocycles. The van der Waals surface area contributed by atoms with Crippen LogP contribution in [0.2, 0.25) is 5.02 Å². The highest BCUT2D eigenvalue weighted by Gasteiger charge is 2.19. The van der Waals surface area contributed by atoms with Crippen molar-refractivity contribution in [3.05, 3.63) is 82.8 Å². The molecule has 7 nitrogen and oxygen atoms in total. The van der Waals surface area contributed by atoms with Crippen LogP contribution in [0.4, 0.5) is 11.4 Å². The first-order valence-electron chi connectivity index (χ1n) is 10.0. The number of anilines is 2. The summed E-state index contributed by atoms with van der Waals surface area (Å²) in [6, 6.07) is 16.1. The van der Waals surface area contributed by atoms with Gasteiger partial charge in [-0.05, 0) is 48.0 Å². The second-order valence-electron chi connectivity index (χ2n) is 7.43. The maximum atomic E-state index is 12.7. The summed E-state index contributed by atoms with van der Waals surface area (Å²) in [6.07, 6.45) is 1.57. The first kappa shape index (κ1) is 23.4. The molecule has 3 aromatic rings. The van der Waals surface area contributed by atoms with Crippen molar-refractivity contribution in [3.63, 3.8) is 0 Å². The quantitative estimate of drug-likeness (QED) is 0.516. The molecule has 1 aromatic heterocycles. The van der Waals surface area contributed by atoms with Crippen LogP contribution in [0.3, 0.4) is 0 Å². The van der Waals surface area contributed by atoms with Gasteiger partial charge in [0.25, 0.3) is 5.91 Å². The van der Waals surface area contributed by atoms with Crippen molar-refractivity contribution in [3.8, 4) is 0 Å². The van der Waals surface area contributed by atoms with Gasteiger partial charge in [0.15, 0.2) is 0 Å². The fourth-order valence-corrected chi connectivity index (χ4v) is 3.53. The Balaban J connectivity index is 1.88. The summed E-state index contributed by atoms with van der Waals surface area (Å²) in [6.45, 7) is 0.575. The number of halogens is 1. The van der Waals surface area contributed by atoms with E-state index in [1.54, 1.807) is 41.5 Å². The third kappa shape index (κ3) is 5.90. The van der Waals surface area contributed by atoms with Crippen LogP contribution >= 0.6 is 11.6 Å². The van der Waals surface area contributed by atoms with E-state index in [1.807, 2.05) is 43.3 Å². The molecule has 168 valence electrons. The Hall–Kier alpha value is -3.29. The summed E-state index contributed by atoms with van der Waals surface area (Å²) >= 11 is 6.15. The number of ether oxygens (including phenoxy) is 1. The van der Waals surface area contributed by atoms with Gasteiger partial charge in [-0.1, -0.05) is 23.7 Å². The summed E-state index contributed by atoms with van der Waals surface area (Å²) in [5, 5.41) is 3.27. The molecule has 0 aliphatic carbocycles. The van der Waals surface area contributed by atoms with E-state index in [9.17, 15) is 9.59 Å². The van der Waals surface area contributed by atoms with Crippen molar-refractivity contribution in [2.75, 3.05) is 38.0 Å². The van der Waals surface area contributed by atoms with Crippen molar-refractivity contribution in [1.82, 2.24) is 4.90 Å². The lowest BCUT2D eigenvalue weighted by atomic mass is 10.1. The zero-order chi connectivity index (χ0) is 23.1. The van der Waals surface area contributed by atoms with Gasteiger partial charge in [-0.3, -0.25) is 9.59 Å². The predicted molar refractivity (Wildman–Crippen MR) is 125 cm³/mol. The molecule has 1 N–H and O–H groups in total. The van der Waals surface area contributed by atoms with Crippen molar-refractivity contribution in [2.24, 2.45) is 0 Å². The van der Waals surface area contributed by atoms with Gasteiger partial charge in [0.1, 0.15) is 12.4 Å². The van der Waals surface area contributed by atoms with Crippen LogP contribution in [0.25, 0.3) is 0 Å². The standard InChI is InChI=1S/C24H26ClN3O4/c1-27(2)22-11-10-18(26-24(30)20-8-4-5-9-21(20)25)13-17(22)14-28(23(29)16-31-3)15-19-7-6-12-32-19/h4-13H,14-16H2,1-3H3,(H,26,30). The number of hydrogen-bond acceptors (Lipinski definition) is 5. The number of carbonyl (C=O) groups excluding carboxylic acids is 2. The minimum Gasteiger partial charge on any atom is -0.467 e. The van der Waals surface area contributed by atoms with E-state index in [4.69, 9.17) is 20.8 Å². The van der Waals surface area contributed by atoms with Crippen LogP contribution < -0.4 is 10.2 Å². The molecule has 32 heavy (non-hydrogen) atoms. The lowest BCUT2D eigenvalue weighted by Crippen LogP contribution is -2.33. The van der Waals surface area contributed by atoms with E-state index >= 15 is 0 Å². The lowest BCUT2D eigenvalue weighted by Gasteiger charge is -2.25. The van der Waals surface area contributed by atoms with Gasteiger partial charge >= 0.3 is 0 Å². The number of benzene rings is 2. The highest BCUT2D eigenvalue weighted by atomic mass is 35.5. The minimum absolute atomic E-state index is 0.0407. The highest BCUT2D eigenvalue weighted by molar-refractivity contribution is 6.34. The van der Waals surface area contributed by atoms with Gasteiger partial charge in [-0.2, -0.15) is 0 Å². The van der Waals surface area contributed by atoms with Crippen molar-refractivity contribution in [2.45, 2.75) is 13.1 Å². The molecule has 2 amide bonds. The van der Waals surface area contributed by atoms with E-state index in [0.717, 1.165) is 11.3 Å². The van der Waals surface area contributed by atoms with Gasteiger partial charge in [0, 0.05) is 39.1 Å². The topological polar surface area (TPSA) is 75.0 Å². The van der Waals surface area contributed by atoms with E-state index in [0.29, 0.717) is 35.1 Å². The number of nitrogens with one attached hydrogen (secondary N) is 1. The molecule has 0 saturated carbocycles. The van der Waals surface area contributed by atoms with E-state index < -0.39 is 0 Å². The van der Waals surface area contributed by atoms with Crippen molar-refractivity contribution >= 4 is 34.8 Å². The van der Waals surface area contributed by atoms with Gasteiger partial charge in [0.2, 0.25) is 5.91 Å². The second-order valence-corrected chi connectivity index (χ2v) is 7.84. The first-order chi connectivity index (χ1) is 15.4. The maximum absolute atomic E-state index is 12.7.